The number of amides is 1. The molecule has 1 fully saturated rings. The highest BCUT2D eigenvalue weighted by molar-refractivity contribution is 5.93. The van der Waals surface area contributed by atoms with Crippen LogP contribution < -0.4 is 5.32 Å². The first kappa shape index (κ1) is 18.4. The van der Waals surface area contributed by atoms with Gasteiger partial charge in [0, 0.05) is 12.7 Å². The Balaban J connectivity index is 1.62. The zero-order chi connectivity index (χ0) is 18.5. The third-order valence-corrected chi connectivity index (χ3v) is 4.23. The number of nitrogens with zero attached hydrogens (tertiary/aromatic N) is 1. The fourth-order valence-electron chi connectivity index (χ4n) is 2.78. The number of aromatic amines is 1. The number of hydrogen-bond acceptors (Lipinski definition) is 5. The van der Waals surface area contributed by atoms with Gasteiger partial charge in [0.25, 0.3) is 5.91 Å². The number of carbonyl (C=O) groups is 1. The van der Waals surface area contributed by atoms with Gasteiger partial charge in [-0.2, -0.15) is 5.10 Å². The third kappa shape index (κ3) is 4.62. The number of nitrogens with one attached hydrogen (secondary N) is 2. The molecule has 2 atom stereocenters. The third-order valence-electron chi connectivity index (χ3n) is 4.23. The van der Waals surface area contributed by atoms with Gasteiger partial charge in [-0.3, -0.25) is 9.89 Å². The lowest BCUT2D eigenvalue weighted by Crippen LogP contribution is -2.50. The van der Waals surface area contributed by atoms with Crippen LogP contribution in [0.5, 0.6) is 0 Å². The molecule has 0 aliphatic carbocycles. The van der Waals surface area contributed by atoms with E-state index in [0.29, 0.717) is 37.0 Å². The van der Waals surface area contributed by atoms with Crippen molar-refractivity contribution in [3.05, 3.63) is 41.3 Å². The van der Waals surface area contributed by atoms with Crippen LogP contribution >= 0.6 is 0 Å². The Morgan fingerprint density at radius 3 is 3.04 bits per heavy atom. The second kappa shape index (κ2) is 8.33. The molecule has 3 rings (SSSR count). The average Bonchev–Trinajstić information content (AvgIpc) is 3.25. The van der Waals surface area contributed by atoms with Crippen molar-refractivity contribution in [3.8, 4) is 11.5 Å². The van der Waals surface area contributed by atoms with Gasteiger partial charge in [-0.15, -0.1) is 0 Å². The number of furan rings is 1. The molecular formula is C19H25N3O4. The van der Waals surface area contributed by atoms with E-state index in [9.17, 15) is 4.79 Å². The van der Waals surface area contributed by atoms with Crippen molar-refractivity contribution in [1.82, 2.24) is 15.5 Å². The standard InChI is InChI=1S/C19H25N3O4/c1-12(2)6-9-25-17-7-8-24-11-16(17)20-19(23)15-10-14(21-22-15)18-5-4-13(3)26-18/h4-6,10,16-17H,7-9,11H2,1-3H3,(H,20,23)(H,21,22)/t16-,17+/m0/s1. The van der Waals surface area contributed by atoms with Crippen LogP contribution in [0, 0.1) is 6.92 Å². The fraction of sp³-hybridized carbons (Fsp3) is 0.474. The molecular weight excluding hydrogens is 334 g/mol. The minimum atomic E-state index is -0.262. The summed E-state index contributed by atoms with van der Waals surface area (Å²) in [6.45, 7) is 7.52. The summed E-state index contributed by atoms with van der Waals surface area (Å²) >= 11 is 0. The Morgan fingerprint density at radius 1 is 1.46 bits per heavy atom. The number of carbonyl (C=O) groups excluding carboxylic acids is 1. The highest BCUT2D eigenvalue weighted by Gasteiger charge is 2.28. The quantitative estimate of drug-likeness (QED) is 0.774. The number of allylic oxidation sites excluding steroid dienone is 1. The summed E-state index contributed by atoms with van der Waals surface area (Å²) in [4.78, 5) is 12.5. The molecule has 0 saturated carbocycles. The van der Waals surface area contributed by atoms with Crippen LogP contribution in [0.4, 0.5) is 0 Å². The van der Waals surface area contributed by atoms with Gasteiger partial charge in [-0.05, 0) is 39.3 Å². The fourth-order valence-corrected chi connectivity index (χ4v) is 2.78. The summed E-state index contributed by atoms with van der Waals surface area (Å²) in [5.74, 6) is 1.19. The van der Waals surface area contributed by atoms with Gasteiger partial charge < -0.3 is 19.2 Å². The lowest BCUT2D eigenvalue weighted by molar-refractivity contribution is -0.0457. The van der Waals surface area contributed by atoms with Crippen molar-refractivity contribution < 1.29 is 18.7 Å². The maximum Gasteiger partial charge on any atom is 0.272 e. The van der Waals surface area contributed by atoms with Crippen LogP contribution in [0.1, 0.15) is 36.5 Å². The molecule has 1 saturated heterocycles. The summed E-state index contributed by atoms with van der Waals surface area (Å²) in [7, 11) is 0. The SMILES string of the molecule is CC(C)=CCO[C@@H]1CCOC[C@@H]1NC(=O)c1cc(-c2ccc(C)o2)[nH]n1. The Hall–Kier alpha value is -2.38. The smallest absolute Gasteiger partial charge is 0.272 e. The maximum absolute atomic E-state index is 12.5. The van der Waals surface area contributed by atoms with E-state index < -0.39 is 0 Å². The van der Waals surface area contributed by atoms with Crippen LogP contribution in [0.25, 0.3) is 11.5 Å². The number of hydrogen-bond donors (Lipinski definition) is 2. The van der Waals surface area contributed by atoms with Gasteiger partial charge >= 0.3 is 0 Å². The molecule has 26 heavy (non-hydrogen) atoms. The molecule has 140 valence electrons. The second-order valence-electron chi connectivity index (χ2n) is 6.67. The summed E-state index contributed by atoms with van der Waals surface area (Å²) in [5.41, 5.74) is 2.18. The molecule has 1 aliphatic rings. The Bertz CT molecular complexity index is 773. The van der Waals surface area contributed by atoms with Crippen LogP contribution in [0.2, 0.25) is 0 Å². The van der Waals surface area contributed by atoms with Crippen molar-refractivity contribution in [3.63, 3.8) is 0 Å². The minimum absolute atomic E-state index is 0.0746. The van der Waals surface area contributed by atoms with E-state index in [2.05, 4.69) is 15.5 Å². The number of H-pyrrole nitrogens is 1. The molecule has 2 aromatic heterocycles. The molecule has 3 heterocycles. The van der Waals surface area contributed by atoms with Crippen LogP contribution in [-0.4, -0.2) is 48.1 Å². The Kier molecular flexibility index (Phi) is 5.90. The predicted octanol–water partition coefficient (Wildman–Crippen LogP) is 2.85. The van der Waals surface area contributed by atoms with Crippen molar-refractivity contribution in [2.75, 3.05) is 19.8 Å². The van der Waals surface area contributed by atoms with Gasteiger partial charge in [-0.1, -0.05) is 11.6 Å². The largest absolute Gasteiger partial charge is 0.460 e. The number of ether oxygens (including phenoxy) is 2. The van der Waals surface area contributed by atoms with Crippen molar-refractivity contribution in [1.29, 1.82) is 0 Å². The Morgan fingerprint density at radius 2 is 2.31 bits per heavy atom. The summed E-state index contributed by atoms with van der Waals surface area (Å²) in [6, 6.07) is 5.18. The topological polar surface area (TPSA) is 89.4 Å². The average molecular weight is 359 g/mol. The molecule has 2 N–H and O–H groups in total. The van der Waals surface area contributed by atoms with Crippen molar-refractivity contribution >= 4 is 5.91 Å². The van der Waals surface area contributed by atoms with Gasteiger partial charge in [0.05, 0.1) is 25.4 Å². The van der Waals surface area contributed by atoms with E-state index in [1.54, 1.807) is 6.07 Å². The molecule has 0 unspecified atom stereocenters. The number of aromatic nitrogens is 2. The van der Waals surface area contributed by atoms with E-state index in [0.717, 1.165) is 12.2 Å². The molecule has 7 heteroatoms. The van der Waals surface area contributed by atoms with Crippen LogP contribution in [0.15, 0.2) is 34.3 Å². The predicted molar refractivity (Wildman–Crippen MR) is 96.9 cm³/mol. The first-order valence-corrected chi connectivity index (χ1v) is 8.78. The number of rotatable bonds is 6. The second-order valence-corrected chi connectivity index (χ2v) is 6.67. The molecule has 7 nitrogen and oxygen atoms in total. The minimum Gasteiger partial charge on any atom is -0.460 e. The molecule has 0 radical (unpaired) electrons. The summed E-state index contributed by atoms with van der Waals surface area (Å²) in [6.07, 6.45) is 2.70. The molecule has 1 amide bonds. The first-order valence-electron chi connectivity index (χ1n) is 8.78. The summed E-state index contributed by atoms with van der Waals surface area (Å²) < 4.78 is 17.0. The van der Waals surface area contributed by atoms with Gasteiger partial charge in [0.2, 0.25) is 0 Å². The molecule has 1 aliphatic heterocycles. The lowest BCUT2D eigenvalue weighted by atomic mass is 10.1. The maximum atomic E-state index is 12.5. The van der Waals surface area contributed by atoms with Crippen LogP contribution in [-0.2, 0) is 9.47 Å². The van der Waals surface area contributed by atoms with Gasteiger partial charge in [-0.25, -0.2) is 0 Å². The highest BCUT2D eigenvalue weighted by atomic mass is 16.5. The van der Waals surface area contributed by atoms with E-state index >= 15 is 0 Å². The molecule has 0 spiro atoms. The first-order chi connectivity index (χ1) is 12.5. The monoisotopic (exact) mass is 359 g/mol. The Labute approximate surface area is 152 Å². The zero-order valence-corrected chi connectivity index (χ0v) is 15.4. The summed E-state index contributed by atoms with van der Waals surface area (Å²) in [5, 5.41) is 9.90. The zero-order valence-electron chi connectivity index (χ0n) is 15.4. The molecule has 0 aromatic carbocycles. The van der Waals surface area contributed by atoms with E-state index in [1.807, 2.05) is 39.0 Å². The van der Waals surface area contributed by atoms with Crippen molar-refractivity contribution in [2.45, 2.75) is 39.3 Å². The molecule has 0 bridgehead atoms. The van der Waals surface area contributed by atoms with Gasteiger partial charge in [0.15, 0.2) is 11.5 Å². The van der Waals surface area contributed by atoms with Gasteiger partial charge in [0.1, 0.15) is 11.5 Å². The lowest BCUT2D eigenvalue weighted by Gasteiger charge is -2.31. The molecule has 2 aromatic rings. The number of aryl methyl sites for hydroxylation is 1. The van der Waals surface area contributed by atoms with Crippen LogP contribution in [0.3, 0.4) is 0 Å². The van der Waals surface area contributed by atoms with E-state index in [-0.39, 0.29) is 18.1 Å². The highest BCUT2D eigenvalue weighted by Crippen LogP contribution is 2.20. The van der Waals surface area contributed by atoms with E-state index in [4.69, 9.17) is 13.9 Å². The normalized spacial score (nSPS) is 20.0. The van der Waals surface area contributed by atoms with Crippen molar-refractivity contribution in [2.24, 2.45) is 0 Å². The van der Waals surface area contributed by atoms with E-state index in [1.165, 1.54) is 5.57 Å².